The Labute approximate surface area is 164 Å². The SMILES string of the molecule is CCCCC1CCc2cccc(C3C(C)C(C)C4C(C)=C(C)SC43)c2N1. The Morgan fingerprint density at radius 1 is 1.12 bits per heavy atom. The van der Waals surface area contributed by atoms with Crippen LogP contribution in [0.4, 0.5) is 5.69 Å². The minimum absolute atomic E-state index is 0.673. The van der Waals surface area contributed by atoms with Gasteiger partial charge in [0.05, 0.1) is 0 Å². The van der Waals surface area contributed by atoms with Crippen molar-refractivity contribution in [1.29, 1.82) is 0 Å². The molecule has 142 valence electrons. The Balaban J connectivity index is 1.67. The minimum Gasteiger partial charge on any atom is -0.382 e. The molecule has 6 unspecified atom stereocenters. The molecular formula is C24H35NS. The fraction of sp³-hybridized carbons (Fsp3) is 0.667. The number of nitrogens with one attached hydrogen (secondary N) is 1. The quantitative estimate of drug-likeness (QED) is 0.613. The fourth-order valence-corrected chi connectivity index (χ4v) is 7.68. The molecule has 0 radical (unpaired) electrons. The van der Waals surface area contributed by atoms with Crippen LogP contribution in [0.25, 0.3) is 0 Å². The molecular weight excluding hydrogens is 334 g/mol. The van der Waals surface area contributed by atoms with Gasteiger partial charge in [-0.3, -0.25) is 0 Å². The highest BCUT2D eigenvalue weighted by Gasteiger charge is 2.51. The van der Waals surface area contributed by atoms with Crippen molar-refractivity contribution in [3.63, 3.8) is 0 Å². The highest BCUT2D eigenvalue weighted by Crippen LogP contribution is 2.61. The van der Waals surface area contributed by atoms with Crippen LogP contribution in [0.5, 0.6) is 0 Å². The Morgan fingerprint density at radius 3 is 2.65 bits per heavy atom. The number of allylic oxidation sites excluding steroid dienone is 2. The number of benzene rings is 1. The number of unbranched alkanes of at least 4 members (excludes halogenated alkanes) is 1. The molecule has 1 aromatic rings. The van der Waals surface area contributed by atoms with Gasteiger partial charge in [0.25, 0.3) is 0 Å². The number of anilines is 1. The first-order valence-electron chi connectivity index (χ1n) is 10.7. The lowest BCUT2D eigenvalue weighted by molar-refractivity contribution is 0.381. The summed E-state index contributed by atoms with van der Waals surface area (Å²) in [6.45, 7) is 12.0. The summed E-state index contributed by atoms with van der Waals surface area (Å²) in [5.41, 5.74) is 6.35. The summed E-state index contributed by atoms with van der Waals surface area (Å²) in [5, 5.41) is 4.73. The van der Waals surface area contributed by atoms with Crippen molar-refractivity contribution in [3.8, 4) is 0 Å². The van der Waals surface area contributed by atoms with Crippen molar-refractivity contribution in [2.75, 3.05) is 5.32 Å². The molecule has 0 aromatic heterocycles. The molecule has 6 atom stereocenters. The molecule has 0 bridgehead atoms. The normalized spacial score (nSPS) is 36.0. The Hall–Kier alpha value is -0.890. The maximum Gasteiger partial charge on any atom is 0.0410 e. The number of thioether (sulfide) groups is 1. The van der Waals surface area contributed by atoms with E-state index in [0.29, 0.717) is 12.0 Å². The van der Waals surface area contributed by atoms with E-state index in [2.05, 4.69) is 69.9 Å². The Kier molecular flexibility index (Phi) is 5.16. The van der Waals surface area contributed by atoms with E-state index in [-0.39, 0.29) is 0 Å². The monoisotopic (exact) mass is 369 g/mol. The smallest absolute Gasteiger partial charge is 0.0410 e. The van der Waals surface area contributed by atoms with Crippen LogP contribution in [-0.4, -0.2) is 11.3 Å². The average molecular weight is 370 g/mol. The summed E-state index contributed by atoms with van der Waals surface area (Å²) in [5.74, 6) is 2.99. The van der Waals surface area contributed by atoms with Gasteiger partial charge in [-0.2, -0.15) is 0 Å². The topological polar surface area (TPSA) is 12.0 Å². The lowest BCUT2D eigenvalue weighted by Gasteiger charge is -2.33. The third kappa shape index (κ3) is 2.93. The van der Waals surface area contributed by atoms with Gasteiger partial charge in [0.15, 0.2) is 0 Å². The van der Waals surface area contributed by atoms with Crippen LogP contribution < -0.4 is 5.32 Å². The van der Waals surface area contributed by atoms with E-state index < -0.39 is 0 Å². The van der Waals surface area contributed by atoms with E-state index in [9.17, 15) is 0 Å². The Morgan fingerprint density at radius 2 is 1.88 bits per heavy atom. The van der Waals surface area contributed by atoms with Crippen molar-refractivity contribution >= 4 is 17.4 Å². The van der Waals surface area contributed by atoms with E-state index in [1.165, 1.54) is 37.8 Å². The molecule has 0 amide bonds. The summed E-state index contributed by atoms with van der Waals surface area (Å²) in [6.07, 6.45) is 6.51. The zero-order valence-corrected chi connectivity index (χ0v) is 18.0. The highest BCUT2D eigenvalue weighted by molar-refractivity contribution is 8.04. The molecule has 0 spiro atoms. The van der Waals surface area contributed by atoms with Gasteiger partial charge >= 0.3 is 0 Å². The van der Waals surface area contributed by atoms with Gasteiger partial charge in [-0.1, -0.05) is 57.4 Å². The van der Waals surface area contributed by atoms with Gasteiger partial charge in [-0.05, 0) is 66.9 Å². The van der Waals surface area contributed by atoms with Crippen LogP contribution in [-0.2, 0) is 6.42 Å². The maximum atomic E-state index is 3.99. The summed E-state index contributed by atoms with van der Waals surface area (Å²) in [6, 6.07) is 7.79. The number of hydrogen-bond donors (Lipinski definition) is 1. The summed E-state index contributed by atoms with van der Waals surface area (Å²) < 4.78 is 0. The van der Waals surface area contributed by atoms with E-state index in [4.69, 9.17) is 0 Å². The Bertz CT molecular complexity index is 706. The third-order valence-corrected chi connectivity index (χ3v) is 9.13. The van der Waals surface area contributed by atoms with Crippen LogP contribution >= 0.6 is 11.8 Å². The van der Waals surface area contributed by atoms with Gasteiger partial charge in [0.2, 0.25) is 0 Å². The van der Waals surface area contributed by atoms with Crippen LogP contribution in [0.15, 0.2) is 28.7 Å². The summed E-state index contributed by atoms with van der Waals surface area (Å²) >= 11 is 2.17. The number of para-hydroxylation sites is 1. The van der Waals surface area contributed by atoms with Gasteiger partial charge in [0.1, 0.15) is 0 Å². The van der Waals surface area contributed by atoms with Crippen molar-refractivity contribution in [2.45, 2.75) is 83.9 Å². The molecule has 1 aliphatic carbocycles. The van der Waals surface area contributed by atoms with Crippen molar-refractivity contribution in [2.24, 2.45) is 17.8 Å². The second-order valence-corrected chi connectivity index (χ2v) is 10.4. The second kappa shape index (κ2) is 7.26. The number of aryl methyl sites for hydroxylation is 1. The molecule has 1 nitrogen and oxygen atoms in total. The zero-order valence-electron chi connectivity index (χ0n) is 17.1. The van der Waals surface area contributed by atoms with Gasteiger partial charge in [-0.15, -0.1) is 11.8 Å². The van der Waals surface area contributed by atoms with E-state index >= 15 is 0 Å². The zero-order chi connectivity index (χ0) is 18.4. The molecule has 1 fully saturated rings. The first-order valence-corrected chi connectivity index (χ1v) is 11.6. The largest absolute Gasteiger partial charge is 0.382 e. The molecule has 2 heteroatoms. The molecule has 1 saturated carbocycles. The van der Waals surface area contributed by atoms with Gasteiger partial charge < -0.3 is 5.32 Å². The standard InChI is InChI=1S/C24H35NS/c1-6-7-10-19-13-12-18-9-8-11-20(23(18)25-19)22-15(3)14(2)21-16(4)17(5)26-24(21)22/h8-9,11,14-15,19,21-22,24-25H,6-7,10,12-13H2,1-5H3. The van der Waals surface area contributed by atoms with Gasteiger partial charge in [-0.25, -0.2) is 0 Å². The average Bonchev–Trinajstić information content (AvgIpc) is 3.06. The number of fused-ring (bicyclic) bond motifs is 2. The van der Waals surface area contributed by atoms with Crippen molar-refractivity contribution in [3.05, 3.63) is 39.8 Å². The molecule has 2 aliphatic heterocycles. The molecule has 2 heterocycles. The lowest BCUT2D eigenvalue weighted by Crippen LogP contribution is -2.28. The first kappa shape index (κ1) is 18.5. The molecule has 4 rings (SSSR count). The minimum atomic E-state index is 0.673. The molecule has 26 heavy (non-hydrogen) atoms. The summed E-state index contributed by atoms with van der Waals surface area (Å²) in [7, 11) is 0. The van der Waals surface area contributed by atoms with Crippen LogP contribution in [0.3, 0.4) is 0 Å². The van der Waals surface area contributed by atoms with Crippen LogP contribution in [0, 0.1) is 17.8 Å². The number of rotatable bonds is 4. The third-order valence-electron chi connectivity index (χ3n) is 7.60. The predicted octanol–water partition coefficient (Wildman–Crippen LogP) is 7.00. The van der Waals surface area contributed by atoms with Crippen molar-refractivity contribution in [1.82, 2.24) is 0 Å². The first-order chi connectivity index (χ1) is 12.5. The highest BCUT2D eigenvalue weighted by atomic mass is 32.2. The van der Waals surface area contributed by atoms with E-state index in [1.54, 1.807) is 21.6 Å². The molecule has 3 aliphatic rings. The maximum absolute atomic E-state index is 3.99. The molecule has 1 N–H and O–H groups in total. The molecule has 0 saturated heterocycles. The van der Waals surface area contributed by atoms with Gasteiger partial charge in [0, 0.05) is 22.9 Å². The summed E-state index contributed by atoms with van der Waals surface area (Å²) in [4.78, 5) is 1.59. The lowest BCUT2D eigenvalue weighted by atomic mass is 9.82. The molecule has 1 aromatic carbocycles. The number of hydrogen-bond acceptors (Lipinski definition) is 2. The second-order valence-electron chi connectivity index (χ2n) is 8.99. The predicted molar refractivity (Wildman–Crippen MR) is 116 cm³/mol. The van der Waals surface area contributed by atoms with Crippen LogP contribution in [0.1, 0.15) is 77.3 Å². The van der Waals surface area contributed by atoms with E-state index in [0.717, 1.165) is 23.0 Å². The fourth-order valence-electron chi connectivity index (χ4n) is 5.81. The van der Waals surface area contributed by atoms with Crippen LogP contribution in [0.2, 0.25) is 0 Å². The van der Waals surface area contributed by atoms with E-state index in [1.807, 2.05) is 0 Å². The van der Waals surface area contributed by atoms with Crippen molar-refractivity contribution < 1.29 is 0 Å².